The lowest BCUT2D eigenvalue weighted by Gasteiger charge is -2.32. The lowest BCUT2D eigenvalue weighted by Crippen LogP contribution is -2.41. The van der Waals surface area contributed by atoms with Crippen molar-refractivity contribution in [1.82, 2.24) is 4.98 Å². The van der Waals surface area contributed by atoms with Gasteiger partial charge in [0.25, 0.3) is 0 Å². The number of hydrogen-bond acceptors (Lipinski definition) is 3. The Bertz CT molecular complexity index is 356. The van der Waals surface area contributed by atoms with Crippen molar-refractivity contribution in [2.24, 2.45) is 0 Å². The average molecular weight is 271 g/mol. The minimum atomic E-state index is 0.296. The van der Waals surface area contributed by atoms with Gasteiger partial charge in [-0.25, -0.2) is 4.98 Å². The van der Waals surface area contributed by atoms with Crippen LogP contribution in [0.3, 0.4) is 0 Å². The van der Waals surface area contributed by atoms with Gasteiger partial charge in [0.15, 0.2) is 0 Å². The molecular formula is C11H15BrN2O. The largest absolute Gasteiger partial charge is 0.375 e. The zero-order valence-electron chi connectivity index (χ0n) is 9.03. The Morgan fingerprint density at radius 2 is 2.33 bits per heavy atom. The Hall–Kier alpha value is -0.610. The first kappa shape index (κ1) is 10.9. The van der Waals surface area contributed by atoms with Crippen molar-refractivity contribution >= 4 is 21.7 Å². The van der Waals surface area contributed by atoms with Crippen LogP contribution in [-0.2, 0) is 4.74 Å². The number of anilines is 1. The van der Waals surface area contributed by atoms with E-state index in [0.29, 0.717) is 6.10 Å². The Balaban J connectivity index is 2.18. The molecule has 1 aromatic heterocycles. The van der Waals surface area contributed by atoms with Crippen molar-refractivity contribution in [2.75, 3.05) is 24.6 Å². The smallest absolute Gasteiger partial charge is 0.129 e. The second-order valence-corrected chi connectivity index (χ2v) is 4.72. The maximum atomic E-state index is 5.50. The molecule has 1 fully saturated rings. The van der Waals surface area contributed by atoms with E-state index in [1.807, 2.05) is 6.92 Å². The van der Waals surface area contributed by atoms with Crippen molar-refractivity contribution in [2.45, 2.75) is 20.0 Å². The highest BCUT2D eigenvalue weighted by Crippen LogP contribution is 2.20. The molecule has 0 aliphatic carbocycles. The average Bonchev–Trinajstić information content (AvgIpc) is 2.22. The van der Waals surface area contributed by atoms with Crippen LogP contribution < -0.4 is 4.90 Å². The summed E-state index contributed by atoms with van der Waals surface area (Å²) < 4.78 is 6.57. The van der Waals surface area contributed by atoms with E-state index in [1.165, 1.54) is 0 Å². The van der Waals surface area contributed by atoms with E-state index in [0.717, 1.165) is 35.7 Å². The van der Waals surface area contributed by atoms with Crippen LogP contribution in [0.15, 0.2) is 16.6 Å². The molecule has 1 saturated heterocycles. The number of rotatable bonds is 1. The molecule has 0 N–H and O–H groups in total. The van der Waals surface area contributed by atoms with Gasteiger partial charge < -0.3 is 9.64 Å². The molecule has 0 spiro atoms. The summed E-state index contributed by atoms with van der Waals surface area (Å²) in [5, 5.41) is 0. The van der Waals surface area contributed by atoms with E-state index >= 15 is 0 Å². The lowest BCUT2D eigenvalue weighted by atomic mass is 10.3. The molecule has 4 heteroatoms. The molecule has 0 radical (unpaired) electrons. The SMILES string of the molecule is Cc1nc(N2CCOC(C)C2)ccc1Br. The predicted molar refractivity (Wildman–Crippen MR) is 64.3 cm³/mol. The zero-order chi connectivity index (χ0) is 10.8. The Labute approximate surface area is 98.6 Å². The summed E-state index contributed by atoms with van der Waals surface area (Å²) in [6, 6.07) is 4.10. The molecule has 2 heterocycles. The highest BCUT2D eigenvalue weighted by molar-refractivity contribution is 9.10. The number of hydrogen-bond donors (Lipinski definition) is 0. The van der Waals surface area contributed by atoms with Crippen molar-refractivity contribution in [3.63, 3.8) is 0 Å². The first-order valence-corrected chi connectivity index (χ1v) is 5.96. The van der Waals surface area contributed by atoms with Gasteiger partial charge >= 0.3 is 0 Å². The number of nitrogens with zero attached hydrogens (tertiary/aromatic N) is 2. The monoisotopic (exact) mass is 270 g/mol. The van der Waals surface area contributed by atoms with Crippen molar-refractivity contribution < 1.29 is 4.74 Å². The summed E-state index contributed by atoms with van der Waals surface area (Å²) >= 11 is 3.46. The molecular weight excluding hydrogens is 256 g/mol. The molecule has 1 unspecified atom stereocenters. The van der Waals surface area contributed by atoms with E-state index in [-0.39, 0.29) is 0 Å². The number of pyridine rings is 1. The second kappa shape index (κ2) is 4.49. The van der Waals surface area contributed by atoms with Crippen LogP contribution in [0.1, 0.15) is 12.6 Å². The summed E-state index contributed by atoms with van der Waals surface area (Å²) in [4.78, 5) is 6.83. The highest BCUT2D eigenvalue weighted by atomic mass is 79.9. The molecule has 0 aromatic carbocycles. The third-order valence-corrected chi connectivity index (χ3v) is 3.41. The molecule has 2 rings (SSSR count). The van der Waals surface area contributed by atoms with Gasteiger partial charge in [-0.3, -0.25) is 0 Å². The standard InChI is InChI=1S/C11H15BrN2O/c1-8-7-14(5-6-15-8)11-4-3-10(12)9(2)13-11/h3-4,8H,5-7H2,1-2H3. The van der Waals surface area contributed by atoms with Gasteiger partial charge in [-0.2, -0.15) is 0 Å². The first-order valence-electron chi connectivity index (χ1n) is 5.16. The molecule has 0 saturated carbocycles. The molecule has 1 aromatic rings. The zero-order valence-corrected chi connectivity index (χ0v) is 10.6. The molecule has 82 valence electrons. The van der Waals surface area contributed by atoms with Gasteiger partial charge in [0, 0.05) is 17.6 Å². The minimum Gasteiger partial charge on any atom is -0.375 e. The molecule has 1 aliphatic heterocycles. The summed E-state index contributed by atoms with van der Waals surface area (Å²) in [6.45, 7) is 6.75. The van der Waals surface area contributed by atoms with Crippen LogP contribution in [0.25, 0.3) is 0 Å². The van der Waals surface area contributed by atoms with Gasteiger partial charge in [0.05, 0.1) is 18.4 Å². The van der Waals surface area contributed by atoms with E-state index < -0.39 is 0 Å². The van der Waals surface area contributed by atoms with Gasteiger partial charge in [-0.1, -0.05) is 0 Å². The number of halogens is 1. The Morgan fingerprint density at radius 1 is 1.53 bits per heavy atom. The van der Waals surface area contributed by atoms with Crippen LogP contribution in [0.4, 0.5) is 5.82 Å². The summed E-state index contributed by atoms with van der Waals surface area (Å²) in [5.41, 5.74) is 1.03. The van der Waals surface area contributed by atoms with Crippen LogP contribution >= 0.6 is 15.9 Å². The lowest BCUT2D eigenvalue weighted by molar-refractivity contribution is 0.0529. The Morgan fingerprint density at radius 3 is 3.00 bits per heavy atom. The minimum absolute atomic E-state index is 0.296. The first-order chi connectivity index (χ1) is 7.16. The number of aromatic nitrogens is 1. The maximum absolute atomic E-state index is 5.50. The van der Waals surface area contributed by atoms with Crippen molar-refractivity contribution in [3.05, 3.63) is 22.3 Å². The Kier molecular flexibility index (Phi) is 3.26. The normalized spacial score (nSPS) is 21.8. The molecule has 3 nitrogen and oxygen atoms in total. The van der Waals surface area contributed by atoms with Crippen LogP contribution in [-0.4, -0.2) is 30.8 Å². The van der Waals surface area contributed by atoms with Gasteiger partial charge in [-0.15, -0.1) is 0 Å². The van der Waals surface area contributed by atoms with Gasteiger partial charge in [-0.05, 0) is 41.9 Å². The number of ether oxygens (including phenoxy) is 1. The fraction of sp³-hybridized carbons (Fsp3) is 0.545. The third-order valence-electron chi connectivity index (χ3n) is 2.57. The van der Waals surface area contributed by atoms with Crippen molar-refractivity contribution in [1.29, 1.82) is 0 Å². The fourth-order valence-corrected chi connectivity index (χ4v) is 1.95. The van der Waals surface area contributed by atoms with E-state index in [1.54, 1.807) is 0 Å². The second-order valence-electron chi connectivity index (χ2n) is 3.86. The third kappa shape index (κ3) is 2.49. The summed E-state index contributed by atoms with van der Waals surface area (Å²) in [5.74, 6) is 1.05. The quantitative estimate of drug-likeness (QED) is 0.784. The van der Waals surface area contributed by atoms with Crippen LogP contribution in [0.2, 0.25) is 0 Å². The number of morpholine rings is 1. The number of aryl methyl sites for hydroxylation is 1. The molecule has 1 atom stereocenters. The molecule has 0 bridgehead atoms. The molecule has 0 amide bonds. The van der Waals surface area contributed by atoms with E-state index in [4.69, 9.17) is 4.74 Å². The molecule has 1 aliphatic rings. The van der Waals surface area contributed by atoms with Gasteiger partial charge in [0.1, 0.15) is 5.82 Å². The van der Waals surface area contributed by atoms with Crippen molar-refractivity contribution in [3.8, 4) is 0 Å². The predicted octanol–water partition coefficient (Wildman–Crippen LogP) is 2.38. The van der Waals surface area contributed by atoms with E-state index in [2.05, 4.69) is 44.9 Å². The van der Waals surface area contributed by atoms with Crippen LogP contribution in [0.5, 0.6) is 0 Å². The van der Waals surface area contributed by atoms with Gasteiger partial charge in [0.2, 0.25) is 0 Å². The van der Waals surface area contributed by atoms with Crippen LogP contribution in [0, 0.1) is 6.92 Å². The topological polar surface area (TPSA) is 25.4 Å². The molecule has 15 heavy (non-hydrogen) atoms. The summed E-state index contributed by atoms with van der Waals surface area (Å²) in [7, 11) is 0. The fourth-order valence-electron chi connectivity index (χ4n) is 1.73. The highest BCUT2D eigenvalue weighted by Gasteiger charge is 2.17. The van der Waals surface area contributed by atoms with E-state index in [9.17, 15) is 0 Å². The summed E-state index contributed by atoms with van der Waals surface area (Å²) in [6.07, 6.45) is 0.296. The maximum Gasteiger partial charge on any atom is 0.129 e.